The molecule has 0 unspecified atom stereocenters. The summed E-state index contributed by atoms with van der Waals surface area (Å²) in [6, 6.07) is 13.9. The van der Waals surface area contributed by atoms with Crippen LogP contribution in [0.2, 0.25) is 0 Å². The number of carbonyl (C=O) groups excluding carboxylic acids is 2. The van der Waals surface area contributed by atoms with Gasteiger partial charge in [-0.1, -0.05) is 18.2 Å². The Hall–Kier alpha value is -3.28. The first-order valence-electron chi connectivity index (χ1n) is 7.71. The number of hydrogen-bond donors (Lipinski definition) is 2. The lowest BCUT2D eigenvalue weighted by atomic mass is 10.2. The molecule has 0 spiro atoms. The van der Waals surface area contributed by atoms with Crippen LogP contribution in [0.3, 0.4) is 0 Å². The van der Waals surface area contributed by atoms with Crippen LogP contribution in [0.25, 0.3) is 6.08 Å². The lowest BCUT2D eigenvalue weighted by Gasteiger charge is -2.07. The van der Waals surface area contributed by atoms with Crippen molar-refractivity contribution in [3.05, 3.63) is 65.7 Å². The first-order valence-corrected chi connectivity index (χ1v) is 7.71. The number of primary amides is 1. The first kappa shape index (κ1) is 18.1. The largest absolute Gasteiger partial charge is 0.497 e. The van der Waals surface area contributed by atoms with Gasteiger partial charge in [0.1, 0.15) is 18.1 Å². The number of hydrogen-bond acceptors (Lipinski definition) is 4. The molecule has 0 aliphatic heterocycles. The van der Waals surface area contributed by atoms with Gasteiger partial charge in [0.25, 0.3) is 0 Å². The van der Waals surface area contributed by atoms with Crippen LogP contribution in [0.15, 0.2) is 54.6 Å². The quantitative estimate of drug-likeness (QED) is 0.568. The zero-order valence-corrected chi connectivity index (χ0v) is 13.9. The molecule has 0 bridgehead atoms. The molecule has 25 heavy (non-hydrogen) atoms. The summed E-state index contributed by atoms with van der Waals surface area (Å²) in [4.78, 5) is 22.8. The number of benzene rings is 2. The van der Waals surface area contributed by atoms with Crippen LogP contribution in [0, 0.1) is 0 Å². The van der Waals surface area contributed by atoms with Crippen molar-refractivity contribution in [1.82, 2.24) is 5.32 Å². The van der Waals surface area contributed by atoms with Gasteiger partial charge in [-0.25, -0.2) is 0 Å². The zero-order chi connectivity index (χ0) is 18.1. The smallest absolute Gasteiger partial charge is 0.248 e. The molecule has 0 radical (unpaired) electrons. The number of nitrogens with two attached hydrogens (primary N) is 1. The Labute approximate surface area is 146 Å². The predicted molar refractivity (Wildman–Crippen MR) is 95.5 cm³/mol. The fourth-order valence-electron chi connectivity index (χ4n) is 2.03. The molecule has 2 rings (SSSR count). The van der Waals surface area contributed by atoms with Crippen LogP contribution in [-0.4, -0.2) is 32.1 Å². The van der Waals surface area contributed by atoms with Gasteiger partial charge in [0.2, 0.25) is 11.8 Å². The van der Waals surface area contributed by atoms with E-state index in [2.05, 4.69) is 5.32 Å². The van der Waals surface area contributed by atoms with E-state index in [1.54, 1.807) is 37.5 Å². The molecule has 2 aromatic rings. The Bertz CT molecular complexity index is 754. The fourth-order valence-corrected chi connectivity index (χ4v) is 2.03. The van der Waals surface area contributed by atoms with Crippen LogP contribution >= 0.6 is 0 Å². The minimum atomic E-state index is -0.512. The van der Waals surface area contributed by atoms with Crippen LogP contribution in [0.1, 0.15) is 15.9 Å². The summed E-state index contributed by atoms with van der Waals surface area (Å²) in [5, 5.41) is 2.72. The van der Waals surface area contributed by atoms with E-state index in [0.717, 1.165) is 11.3 Å². The Balaban J connectivity index is 1.73. The molecule has 6 nitrogen and oxygen atoms in total. The summed E-state index contributed by atoms with van der Waals surface area (Å²) in [5.41, 5.74) is 6.49. The van der Waals surface area contributed by atoms with E-state index < -0.39 is 5.91 Å². The molecule has 0 fully saturated rings. The molecule has 0 aliphatic carbocycles. The second kappa shape index (κ2) is 9.12. The monoisotopic (exact) mass is 340 g/mol. The second-order valence-corrected chi connectivity index (χ2v) is 5.14. The van der Waals surface area contributed by atoms with E-state index in [4.69, 9.17) is 15.2 Å². The molecule has 0 saturated heterocycles. The average Bonchev–Trinajstić information content (AvgIpc) is 2.64. The highest BCUT2D eigenvalue weighted by molar-refractivity contribution is 5.93. The molecule has 2 aromatic carbocycles. The third-order valence-electron chi connectivity index (χ3n) is 3.33. The highest BCUT2D eigenvalue weighted by atomic mass is 16.5. The van der Waals surface area contributed by atoms with E-state index in [9.17, 15) is 9.59 Å². The second-order valence-electron chi connectivity index (χ2n) is 5.14. The first-order chi connectivity index (χ1) is 12.1. The molecule has 0 aliphatic rings. The van der Waals surface area contributed by atoms with Crippen LogP contribution in [-0.2, 0) is 4.79 Å². The van der Waals surface area contributed by atoms with Crippen molar-refractivity contribution in [1.29, 1.82) is 0 Å². The Morgan fingerprint density at radius 2 is 1.88 bits per heavy atom. The SMILES string of the molecule is COc1ccc(/C=C/C(=O)NCCOc2cccc(C(N)=O)c2)cc1. The van der Waals surface area contributed by atoms with Gasteiger partial charge in [0.05, 0.1) is 13.7 Å². The third-order valence-corrected chi connectivity index (χ3v) is 3.33. The maximum absolute atomic E-state index is 11.8. The molecule has 2 amide bonds. The van der Waals surface area contributed by atoms with Crippen LogP contribution < -0.4 is 20.5 Å². The van der Waals surface area contributed by atoms with E-state index in [-0.39, 0.29) is 12.5 Å². The van der Waals surface area contributed by atoms with Gasteiger partial charge in [-0.2, -0.15) is 0 Å². The van der Waals surface area contributed by atoms with Crippen molar-refractivity contribution in [2.75, 3.05) is 20.3 Å². The minimum Gasteiger partial charge on any atom is -0.497 e. The predicted octanol–water partition coefficient (Wildman–Crippen LogP) is 2.00. The molecule has 0 aromatic heterocycles. The van der Waals surface area contributed by atoms with Crippen LogP contribution in [0.5, 0.6) is 11.5 Å². The van der Waals surface area contributed by atoms with E-state index >= 15 is 0 Å². The van der Waals surface area contributed by atoms with Gasteiger partial charge in [-0.3, -0.25) is 9.59 Å². The lowest BCUT2D eigenvalue weighted by Crippen LogP contribution is -2.26. The van der Waals surface area contributed by atoms with Crippen molar-refractivity contribution < 1.29 is 19.1 Å². The molecular formula is C19H20N2O4. The Morgan fingerprint density at radius 1 is 1.12 bits per heavy atom. The molecule has 0 saturated carbocycles. The number of ether oxygens (including phenoxy) is 2. The van der Waals surface area contributed by atoms with E-state index in [1.165, 1.54) is 6.08 Å². The average molecular weight is 340 g/mol. The normalized spacial score (nSPS) is 10.4. The summed E-state index contributed by atoms with van der Waals surface area (Å²) in [6.07, 6.45) is 3.17. The third kappa shape index (κ3) is 6.02. The highest BCUT2D eigenvalue weighted by Gasteiger charge is 2.02. The zero-order valence-electron chi connectivity index (χ0n) is 13.9. The number of nitrogens with one attached hydrogen (secondary N) is 1. The standard InChI is InChI=1S/C19H20N2O4/c1-24-16-8-5-14(6-9-16)7-10-18(22)21-11-12-25-17-4-2-3-15(13-17)19(20)23/h2-10,13H,11-12H2,1H3,(H2,20,23)(H,21,22)/b10-7+. The van der Waals surface area contributed by atoms with E-state index in [0.29, 0.717) is 17.9 Å². The highest BCUT2D eigenvalue weighted by Crippen LogP contribution is 2.13. The molecule has 6 heteroatoms. The summed E-state index contributed by atoms with van der Waals surface area (Å²) in [6.45, 7) is 0.622. The van der Waals surface area contributed by atoms with Crippen LogP contribution in [0.4, 0.5) is 0 Å². The van der Waals surface area contributed by atoms with Gasteiger partial charge in [-0.15, -0.1) is 0 Å². The van der Waals surface area contributed by atoms with Gasteiger partial charge < -0.3 is 20.5 Å². The fraction of sp³-hybridized carbons (Fsp3) is 0.158. The van der Waals surface area contributed by atoms with Crippen molar-refractivity contribution in [3.8, 4) is 11.5 Å². The maximum atomic E-state index is 11.8. The molecular weight excluding hydrogens is 320 g/mol. The summed E-state index contributed by atoms with van der Waals surface area (Å²) < 4.78 is 10.5. The van der Waals surface area contributed by atoms with Crippen molar-refractivity contribution in [2.45, 2.75) is 0 Å². The maximum Gasteiger partial charge on any atom is 0.248 e. The van der Waals surface area contributed by atoms with Gasteiger partial charge in [0.15, 0.2) is 0 Å². The summed E-state index contributed by atoms with van der Waals surface area (Å²) in [5.74, 6) is 0.561. The molecule has 0 heterocycles. The van der Waals surface area contributed by atoms with Crippen molar-refractivity contribution in [3.63, 3.8) is 0 Å². The molecule has 0 atom stereocenters. The Kier molecular flexibility index (Phi) is 6.59. The van der Waals surface area contributed by atoms with Gasteiger partial charge >= 0.3 is 0 Å². The molecule has 3 N–H and O–H groups in total. The molecule has 130 valence electrons. The summed E-state index contributed by atoms with van der Waals surface area (Å²) in [7, 11) is 1.60. The number of carbonyl (C=O) groups is 2. The number of methoxy groups -OCH3 is 1. The number of rotatable bonds is 8. The van der Waals surface area contributed by atoms with Gasteiger partial charge in [0, 0.05) is 11.6 Å². The van der Waals surface area contributed by atoms with Crippen molar-refractivity contribution in [2.24, 2.45) is 5.73 Å². The number of amides is 2. The topological polar surface area (TPSA) is 90.7 Å². The lowest BCUT2D eigenvalue weighted by molar-refractivity contribution is -0.116. The van der Waals surface area contributed by atoms with Gasteiger partial charge in [-0.05, 0) is 42.0 Å². The van der Waals surface area contributed by atoms with E-state index in [1.807, 2.05) is 24.3 Å². The summed E-state index contributed by atoms with van der Waals surface area (Å²) >= 11 is 0. The van der Waals surface area contributed by atoms with Crippen molar-refractivity contribution >= 4 is 17.9 Å². The minimum absolute atomic E-state index is 0.217. The Morgan fingerprint density at radius 3 is 2.56 bits per heavy atom.